The van der Waals surface area contributed by atoms with Gasteiger partial charge in [0.1, 0.15) is 0 Å². The minimum absolute atomic E-state index is 0.271. The molecule has 1 aliphatic rings. The van der Waals surface area contributed by atoms with Gasteiger partial charge in [-0.25, -0.2) is 8.42 Å². The minimum Gasteiger partial charge on any atom is -0.361 e. The Labute approximate surface area is 189 Å². The quantitative estimate of drug-likeness (QED) is 0.416. The fourth-order valence-corrected chi connectivity index (χ4v) is 5.79. The Morgan fingerprint density at radius 2 is 1.78 bits per heavy atom. The number of anilines is 1. The maximum absolute atomic E-state index is 13.0. The van der Waals surface area contributed by atoms with Crippen LogP contribution in [0.4, 0.5) is 5.69 Å². The van der Waals surface area contributed by atoms with Crippen LogP contribution in [0, 0.1) is 5.92 Å². The Balaban J connectivity index is 1.35. The number of aryl methyl sites for hydroxylation is 1. The van der Waals surface area contributed by atoms with Gasteiger partial charge in [0.25, 0.3) is 10.0 Å². The van der Waals surface area contributed by atoms with Gasteiger partial charge < -0.3 is 9.88 Å². The molecule has 6 heteroatoms. The maximum Gasteiger partial charge on any atom is 0.261 e. The highest BCUT2D eigenvalue weighted by Crippen LogP contribution is 2.28. The van der Waals surface area contributed by atoms with E-state index in [1.165, 1.54) is 37.9 Å². The molecule has 0 amide bonds. The van der Waals surface area contributed by atoms with Crippen molar-refractivity contribution in [2.45, 2.75) is 30.6 Å². The predicted molar refractivity (Wildman–Crippen MR) is 132 cm³/mol. The lowest BCUT2D eigenvalue weighted by Crippen LogP contribution is -2.30. The molecule has 0 atom stereocenters. The number of aromatic amines is 1. The van der Waals surface area contributed by atoms with Crippen LogP contribution in [0.3, 0.4) is 0 Å². The first-order valence-electron chi connectivity index (χ1n) is 11.3. The highest BCUT2D eigenvalue weighted by Gasteiger charge is 2.18. The van der Waals surface area contributed by atoms with Crippen LogP contribution in [0.1, 0.15) is 24.8 Å². The molecule has 2 N–H and O–H groups in total. The second-order valence-corrected chi connectivity index (χ2v) is 10.7. The van der Waals surface area contributed by atoms with Crippen LogP contribution in [0.15, 0.2) is 71.8 Å². The van der Waals surface area contributed by atoms with Crippen LogP contribution >= 0.6 is 0 Å². The molecule has 3 aromatic carbocycles. The van der Waals surface area contributed by atoms with Crippen LogP contribution in [-0.2, 0) is 16.4 Å². The zero-order valence-corrected chi connectivity index (χ0v) is 19.2. The second kappa shape index (κ2) is 8.60. The van der Waals surface area contributed by atoms with E-state index >= 15 is 0 Å². The van der Waals surface area contributed by atoms with Crippen molar-refractivity contribution in [3.8, 4) is 0 Å². The highest BCUT2D eigenvalue weighted by molar-refractivity contribution is 7.92. The average Bonchev–Trinajstić information content (AvgIpc) is 3.20. The summed E-state index contributed by atoms with van der Waals surface area (Å²) >= 11 is 0. The van der Waals surface area contributed by atoms with Gasteiger partial charge in [-0.15, -0.1) is 0 Å². The molecular formula is C26H29N3O2S. The van der Waals surface area contributed by atoms with Gasteiger partial charge in [0.2, 0.25) is 0 Å². The molecule has 2 heterocycles. The number of rotatable bonds is 6. The molecule has 1 saturated heterocycles. The van der Waals surface area contributed by atoms with Crippen molar-refractivity contribution in [2.24, 2.45) is 5.92 Å². The van der Waals surface area contributed by atoms with Gasteiger partial charge in [0, 0.05) is 22.8 Å². The van der Waals surface area contributed by atoms with E-state index in [4.69, 9.17) is 0 Å². The average molecular weight is 448 g/mol. The zero-order valence-electron chi connectivity index (χ0n) is 18.3. The zero-order chi connectivity index (χ0) is 22.1. The number of piperidine rings is 1. The normalized spacial score (nSPS) is 16.0. The van der Waals surface area contributed by atoms with Gasteiger partial charge >= 0.3 is 0 Å². The van der Waals surface area contributed by atoms with E-state index in [1.54, 1.807) is 12.1 Å². The van der Waals surface area contributed by atoms with Gasteiger partial charge in [-0.05, 0) is 98.4 Å². The first-order chi connectivity index (χ1) is 15.5. The van der Waals surface area contributed by atoms with Crippen LogP contribution < -0.4 is 4.72 Å². The minimum atomic E-state index is -3.67. The summed E-state index contributed by atoms with van der Waals surface area (Å²) in [5.74, 6) is 0.769. The Bertz CT molecular complexity index is 1350. The first-order valence-corrected chi connectivity index (χ1v) is 12.8. The number of hydrogen-bond acceptors (Lipinski definition) is 3. The molecule has 0 radical (unpaired) electrons. The SMILES string of the molecule is CN1CCC(CCc2c[nH]c3ccc(NS(=O)(=O)c4ccc5ccccc5c4)cc23)CC1. The molecule has 166 valence electrons. The Hall–Kier alpha value is -2.83. The fourth-order valence-electron chi connectivity index (χ4n) is 4.71. The highest BCUT2D eigenvalue weighted by atomic mass is 32.2. The third kappa shape index (κ3) is 4.38. The van der Waals surface area contributed by atoms with Gasteiger partial charge in [-0.2, -0.15) is 0 Å². The predicted octanol–water partition coefficient (Wildman–Crippen LogP) is 5.40. The van der Waals surface area contributed by atoms with E-state index in [9.17, 15) is 8.42 Å². The number of H-pyrrole nitrogens is 1. The molecule has 32 heavy (non-hydrogen) atoms. The van der Waals surface area contributed by atoms with E-state index in [-0.39, 0.29) is 4.90 Å². The fraction of sp³-hybridized carbons (Fsp3) is 0.308. The maximum atomic E-state index is 13.0. The van der Waals surface area contributed by atoms with Crippen LogP contribution in [-0.4, -0.2) is 38.4 Å². The molecule has 0 spiro atoms. The molecule has 5 rings (SSSR count). The molecule has 0 unspecified atom stereocenters. The standard InChI is InChI=1S/C26H29N3O2S/c1-29-14-12-19(13-15-29)6-7-22-18-27-26-11-9-23(17-25(22)26)28-32(30,31)24-10-8-20-4-2-3-5-21(20)16-24/h2-5,8-11,16-19,27-28H,6-7,12-15H2,1H3. The van der Waals surface area contributed by atoms with Crippen molar-refractivity contribution in [3.63, 3.8) is 0 Å². The number of nitrogens with one attached hydrogen (secondary N) is 2. The summed E-state index contributed by atoms with van der Waals surface area (Å²) in [6.45, 7) is 2.36. The van der Waals surface area contributed by atoms with Crippen molar-refractivity contribution >= 4 is 37.4 Å². The largest absolute Gasteiger partial charge is 0.361 e. The first kappa shape index (κ1) is 21.0. The van der Waals surface area contributed by atoms with Crippen molar-refractivity contribution < 1.29 is 8.42 Å². The molecule has 0 bridgehead atoms. The molecule has 1 aliphatic heterocycles. The Kier molecular flexibility index (Phi) is 5.66. The Morgan fingerprint density at radius 3 is 2.59 bits per heavy atom. The van der Waals surface area contributed by atoms with Crippen LogP contribution in [0.25, 0.3) is 21.7 Å². The number of fused-ring (bicyclic) bond motifs is 2. The lowest BCUT2D eigenvalue weighted by molar-refractivity contribution is 0.212. The molecular weight excluding hydrogens is 418 g/mol. The number of hydrogen-bond donors (Lipinski definition) is 2. The summed E-state index contributed by atoms with van der Waals surface area (Å²) in [5.41, 5.74) is 2.88. The molecule has 1 aromatic heterocycles. The van der Waals surface area contributed by atoms with Gasteiger partial charge in [0.05, 0.1) is 4.90 Å². The number of nitrogens with zero attached hydrogens (tertiary/aromatic N) is 1. The summed E-state index contributed by atoms with van der Waals surface area (Å²) in [7, 11) is -1.48. The molecule has 0 saturated carbocycles. The van der Waals surface area contributed by atoms with Crippen molar-refractivity contribution in [3.05, 3.63) is 72.4 Å². The third-order valence-electron chi connectivity index (χ3n) is 6.71. The summed E-state index contributed by atoms with van der Waals surface area (Å²) in [6, 6.07) is 18.7. The summed E-state index contributed by atoms with van der Waals surface area (Å²) < 4.78 is 28.9. The summed E-state index contributed by atoms with van der Waals surface area (Å²) in [6.07, 6.45) is 6.77. The van der Waals surface area contributed by atoms with Gasteiger partial charge in [-0.3, -0.25) is 4.72 Å². The summed E-state index contributed by atoms with van der Waals surface area (Å²) in [5, 5.41) is 3.03. The number of benzene rings is 3. The monoisotopic (exact) mass is 447 g/mol. The Morgan fingerprint density at radius 1 is 1.00 bits per heavy atom. The van der Waals surface area contributed by atoms with Crippen molar-refractivity contribution in [1.29, 1.82) is 0 Å². The number of aromatic nitrogens is 1. The summed E-state index contributed by atoms with van der Waals surface area (Å²) in [4.78, 5) is 6.01. The third-order valence-corrected chi connectivity index (χ3v) is 8.09. The van der Waals surface area contributed by atoms with E-state index in [0.29, 0.717) is 5.69 Å². The number of sulfonamides is 1. The van der Waals surface area contributed by atoms with E-state index in [1.807, 2.05) is 48.5 Å². The molecule has 4 aromatic rings. The lowest BCUT2D eigenvalue weighted by Gasteiger charge is -2.28. The lowest BCUT2D eigenvalue weighted by atomic mass is 9.91. The smallest absolute Gasteiger partial charge is 0.261 e. The topological polar surface area (TPSA) is 65.2 Å². The van der Waals surface area contributed by atoms with E-state index in [2.05, 4.69) is 27.9 Å². The van der Waals surface area contributed by atoms with E-state index < -0.39 is 10.0 Å². The number of likely N-dealkylation sites (tertiary alicyclic amines) is 1. The van der Waals surface area contributed by atoms with Crippen LogP contribution in [0.2, 0.25) is 0 Å². The van der Waals surface area contributed by atoms with Gasteiger partial charge in [0.15, 0.2) is 0 Å². The van der Waals surface area contributed by atoms with Gasteiger partial charge in [-0.1, -0.05) is 30.3 Å². The molecule has 0 aliphatic carbocycles. The van der Waals surface area contributed by atoms with Crippen LogP contribution in [0.5, 0.6) is 0 Å². The van der Waals surface area contributed by atoms with Crippen molar-refractivity contribution in [2.75, 3.05) is 24.9 Å². The van der Waals surface area contributed by atoms with Crippen molar-refractivity contribution in [1.82, 2.24) is 9.88 Å². The second-order valence-electron chi connectivity index (χ2n) is 8.97. The van der Waals surface area contributed by atoms with E-state index in [0.717, 1.165) is 34.0 Å². The molecule has 1 fully saturated rings. The molecule has 5 nitrogen and oxygen atoms in total.